The van der Waals surface area contributed by atoms with E-state index in [0.29, 0.717) is 37.5 Å². The highest BCUT2D eigenvalue weighted by atomic mass is 16.5. The standard InChI is InChI=1S/C30H42N2O9/c1-28-12-9-18(33)15-17(28)3-4-19-20(28)10-13-29(2)21(19)11-14-30(29,40)23(34)16-41-26(37)8-7-25(36)32-22(27(38)39)5-6-24(31)35/h15,19-22,40H,3-14,16H2,1-2H3,(H2,31,35)(H,32,36)(H,38,39)/t19-,20+,21-,22+,28-,29-,30-/m0/s1. The Bertz CT molecular complexity index is 1160. The van der Waals surface area contributed by atoms with Crippen molar-refractivity contribution in [2.24, 2.45) is 34.3 Å². The Labute approximate surface area is 239 Å². The number of allylic oxidation sites excluding steroid dienone is 1. The van der Waals surface area contributed by atoms with Gasteiger partial charge in [-0.25, -0.2) is 4.79 Å². The van der Waals surface area contributed by atoms with Crippen LogP contribution in [0, 0.1) is 28.6 Å². The molecule has 0 aromatic carbocycles. The first kappa shape index (κ1) is 30.9. The molecule has 3 saturated carbocycles. The van der Waals surface area contributed by atoms with Crippen LogP contribution < -0.4 is 11.1 Å². The third kappa shape index (κ3) is 5.82. The number of primary amides is 1. The van der Waals surface area contributed by atoms with E-state index in [9.17, 15) is 39.0 Å². The summed E-state index contributed by atoms with van der Waals surface area (Å²) in [6.45, 7) is 3.66. The number of hydrogen-bond donors (Lipinski definition) is 4. The van der Waals surface area contributed by atoms with Crippen LogP contribution in [-0.4, -0.2) is 63.8 Å². The molecule has 3 fully saturated rings. The van der Waals surface area contributed by atoms with Crippen LogP contribution in [0.15, 0.2) is 11.6 Å². The minimum Gasteiger partial charge on any atom is -0.480 e. The van der Waals surface area contributed by atoms with Gasteiger partial charge >= 0.3 is 11.9 Å². The topological polar surface area (TPSA) is 190 Å². The lowest BCUT2D eigenvalue weighted by molar-refractivity contribution is -0.170. The summed E-state index contributed by atoms with van der Waals surface area (Å²) in [6.07, 6.45) is 6.50. The number of ether oxygens (including phenoxy) is 1. The first-order valence-corrected chi connectivity index (χ1v) is 14.7. The number of nitrogens with two attached hydrogens (primary N) is 1. The maximum atomic E-state index is 13.3. The Morgan fingerprint density at radius 3 is 2.41 bits per heavy atom. The number of carbonyl (C=O) groups excluding carboxylic acids is 5. The van der Waals surface area contributed by atoms with Crippen LogP contribution in [0.1, 0.15) is 90.9 Å². The lowest BCUT2D eigenvalue weighted by atomic mass is 9.46. The summed E-state index contributed by atoms with van der Waals surface area (Å²) >= 11 is 0. The summed E-state index contributed by atoms with van der Waals surface area (Å²) in [7, 11) is 0. The SMILES string of the molecule is C[C@]12CCC(=O)C=C1CC[C@H]1[C@H]2CC[C@@]2(C)[C@H]1CC[C@]2(O)C(=O)COC(=O)CCC(=O)N[C@H](CCC(N)=O)C(=O)O. The van der Waals surface area contributed by atoms with E-state index in [-0.39, 0.29) is 42.8 Å². The first-order chi connectivity index (χ1) is 19.2. The van der Waals surface area contributed by atoms with Gasteiger partial charge in [0.2, 0.25) is 17.6 Å². The minimum absolute atomic E-state index is 0.0168. The van der Waals surface area contributed by atoms with Gasteiger partial charge in [-0.1, -0.05) is 19.4 Å². The molecule has 4 aliphatic carbocycles. The number of aliphatic hydroxyl groups is 1. The average Bonchev–Trinajstić information content (AvgIpc) is 3.20. The third-order valence-electron chi connectivity index (χ3n) is 10.8. The number of carboxylic acid groups (broad SMARTS) is 1. The normalized spacial score (nSPS) is 34.8. The maximum Gasteiger partial charge on any atom is 0.326 e. The second-order valence-electron chi connectivity index (χ2n) is 12.9. The van der Waals surface area contributed by atoms with E-state index in [2.05, 4.69) is 12.2 Å². The third-order valence-corrected chi connectivity index (χ3v) is 10.8. The summed E-state index contributed by atoms with van der Waals surface area (Å²) in [4.78, 5) is 72.0. The van der Waals surface area contributed by atoms with Crippen LogP contribution in [0.4, 0.5) is 0 Å². The molecule has 5 N–H and O–H groups in total. The van der Waals surface area contributed by atoms with E-state index < -0.39 is 53.2 Å². The number of ketones is 2. The molecule has 0 unspecified atom stereocenters. The van der Waals surface area contributed by atoms with E-state index in [4.69, 9.17) is 10.5 Å². The number of fused-ring (bicyclic) bond motifs is 5. The van der Waals surface area contributed by atoms with Crippen LogP contribution in [-0.2, 0) is 33.5 Å². The van der Waals surface area contributed by atoms with Crippen molar-refractivity contribution in [3.8, 4) is 0 Å². The Hall–Kier alpha value is -3.08. The van der Waals surface area contributed by atoms with Crippen molar-refractivity contribution in [2.75, 3.05) is 6.61 Å². The summed E-state index contributed by atoms with van der Waals surface area (Å²) in [6, 6.07) is -1.32. The van der Waals surface area contributed by atoms with Gasteiger partial charge in [0.25, 0.3) is 0 Å². The van der Waals surface area contributed by atoms with Crippen molar-refractivity contribution in [1.82, 2.24) is 5.32 Å². The second kappa shape index (κ2) is 11.7. The van der Waals surface area contributed by atoms with Gasteiger partial charge in [0.1, 0.15) is 11.6 Å². The molecule has 41 heavy (non-hydrogen) atoms. The quantitative estimate of drug-likeness (QED) is 0.267. The van der Waals surface area contributed by atoms with E-state index in [1.165, 1.54) is 5.57 Å². The molecule has 11 nitrogen and oxygen atoms in total. The summed E-state index contributed by atoms with van der Waals surface area (Å²) in [5.41, 5.74) is 4.01. The molecule has 0 aromatic rings. The molecular formula is C30H42N2O9. The number of rotatable bonds is 11. The molecule has 226 valence electrons. The number of hydrogen-bond acceptors (Lipinski definition) is 8. The lowest BCUT2D eigenvalue weighted by Crippen LogP contribution is -2.58. The smallest absolute Gasteiger partial charge is 0.326 e. The Morgan fingerprint density at radius 1 is 1.02 bits per heavy atom. The zero-order chi connectivity index (χ0) is 30.2. The fourth-order valence-electron chi connectivity index (χ4n) is 8.40. The predicted molar refractivity (Wildman–Crippen MR) is 145 cm³/mol. The Kier molecular flexibility index (Phi) is 8.78. The van der Waals surface area contributed by atoms with Crippen LogP contribution in [0.5, 0.6) is 0 Å². The molecule has 0 aromatic heterocycles. The molecule has 2 amide bonds. The minimum atomic E-state index is -1.62. The number of Topliss-reactive ketones (excluding diaryl/α,β-unsaturated/α-hetero) is 1. The molecule has 7 atom stereocenters. The van der Waals surface area contributed by atoms with E-state index in [1.807, 2.05) is 13.0 Å². The molecule has 11 heteroatoms. The van der Waals surface area contributed by atoms with Crippen LogP contribution in [0.2, 0.25) is 0 Å². The van der Waals surface area contributed by atoms with Crippen molar-refractivity contribution in [1.29, 1.82) is 0 Å². The number of nitrogens with one attached hydrogen (secondary N) is 1. The number of aliphatic carboxylic acids is 1. The number of esters is 1. The molecule has 0 heterocycles. The van der Waals surface area contributed by atoms with Crippen LogP contribution >= 0.6 is 0 Å². The largest absolute Gasteiger partial charge is 0.480 e. The molecule has 4 rings (SSSR count). The fraction of sp³-hybridized carbons (Fsp3) is 0.733. The lowest BCUT2D eigenvalue weighted by Gasteiger charge is -2.58. The van der Waals surface area contributed by atoms with Gasteiger partial charge in [-0.2, -0.15) is 0 Å². The van der Waals surface area contributed by atoms with E-state index >= 15 is 0 Å². The first-order valence-electron chi connectivity index (χ1n) is 14.7. The van der Waals surface area contributed by atoms with Crippen molar-refractivity contribution in [3.63, 3.8) is 0 Å². The molecule has 0 saturated heterocycles. The molecule has 0 aliphatic heterocycles. The highest BCUT2D eigenvalue weighted by molar-refractivity contribution is 5.92. The number of carboxylic acids is 1. The van der Waals surface area contributed by atoms with Crippen molar-refractivity contribution in [2.45, 2.75) is 103 Å². The fourth-order valence-corrected chi connectivity index (χ4v) is 8.40. The highest BCUT2D eigenvalue weighted by Gasteiger charge is 2.66. The zero-order valence-corrected chi connectivity index (χ0v) is 23.9. The summed E-state index contributed by atoms with van der Waals surface area (Å²) in [5, 5.41) is 23.2. The predicted octanol–water partition coefficient (Wildman–Crippen LogP) is 1.98. The summed E-state index contributed by atoms with van der Waals surface area (Å²) in [5.74, 6) is -2.97. The maximum absolute atomic E-state index is 13.3. The number of amides is 2. The van der Waals surface area contributed by atoms with Gasteiger partial charge in [0, 0.05) is 24.7 Å². The van der Waals surface area contributed by atoms with E-state index in [1.54, 1.807) is 0 Å². The van der Waals surface area contributed by atoms with Crippen molar-refractivity contribution >= 4 is 35.3 Å². The molecule has 4 aliphatic rings. The van der Waals surface area contributed by atoms with Gasteiger partial charge < -0.3 is 26.0 Å². The van der Waals surface area contributed by atoms with Crippen molar-refractivity contribution in [3.05, 3.63) is 11.6 Å². The molecule has 0 bridgehead atoms. The highest BCUT2D eigenvalue weighted by Crippen LogP contribution is 2.67. The Morgan fingerprint density at radius 2 is 1.73 bits per heavy atom. The molecular weight excluding hydrogens is 532 g/mol. The molecule has 0 spiro atoms. The van der Waals surface area contributed by atoms with E-state index in [0.717, 1.165) is 25.7 Å². The molecule has 0 radical (unpaired) electrons. The zero-order valence-electron chi connectivity index (χ0n) is 23.9. The summed E-state index contributed by atoms with van der Waals surface area (Å²) < 4.78 is 5.15. The van der Waals surface area contributed by atoms with Gasteiger partial charge in [-0.3, -0.25) is 24.0 Å². The monoisotopic (exact) mass is 574 g/mol. The van der Waals surface area contributed by atoms with Crippen LogP contribution in [0.25, 0.3) is 0 Å². The van der Waals surface area contributed by atoms with Crippen LogP contribution in [0.3, 0.4) is 0 Å². The van der Waals surface area contributed by atoms with Gasteiger partial charge in [-0.05, 0) is 80.6 Å². The van der Waals surface area contributed by atoms with Gasteiger partial charge in [0.05, 0.1) is 6.42 Å². The Balaban J connectivity index is 1.31. The second-order valence-corrected chi connectivity index (χ2v) is 12.9. The van der Waals surface area contributed by atoms with Crippen molar-refractivity contribution < 1.29 is 43.7 Å². The van der Waals surface area contributed by atoms with Gasteiger partial charge in [-0.15, -0.1) is 0 Å². The number of carbonyl (C=O) groups is 6. The average molecular weight is 575 g/mol. The van der Waals surface area contributed by atoms with Gasteiger partial charge in [0.15, 0.2) is 12.4 Å².